The zero-order valence-corrected chi connectivity index (χ0v) is 9.68. The number of rotatable bonds is 2. The minimum atomic E-state index is -0.159. The fourth-order valence-corrected chi connectivity index (χ4v) is 1.84. The maximum Gasteiger partial charge on any atom is 0.147 e. The number of halogens is 1. The molecule has 0 fully saturated rings. The molecule has 0 aliphatic heterocycles. The van der Waals surface area contributed by atoms with Crippen LogP contribution in [0.2, 0.25) is 0 Å². The average Bonchev–Trinajstić information content (AvgIpc) is 2.03. The van der Waals surface area contributed by atoms with Gasteiger partial charge in [0, 0.05) is 0 Å². The SMILES string of the molecule is CC(=O)C(Br)c1ccc(C)cc1C. The molecule has 13 heavy (non-hydrogen) atoms. The highest BCUT2D eigenvalue weighted by atomic mass is 79.9. The van der Waals surface area contributed by atoms with Crippen molar-refractivity contribution in [2.24, 2.45) is 0 Å². The molecule has 1 nitrogen and oxygen atoms in total. The summed E-state index contributed by atoms with van der Waals surface area (Å²) in [5.41, 5.74) is 3.46. The maximum atomic E-state index is 11.1. The third kappa shape index (κ3) is 2.41. The van der Waals surface area contributed by atoms with E-state index in [0.717, 1.165) is 11.1 Å². The van der Waals surface area contributed by atoms with Crippen LogP contribution in [-0.4, -0.2) is 5.78 Å². The van der Waals surface area contributed by atoms with E-state index in [0.29, 0.717) is 0 Å². The van der Waals surface area contributed by atoms with Crippen molar-refractivity contribution in [3.05, 3.63) is 34.9 Å². The first-order chi connectivity index (χ1) is 6.02. The summed E-state index contributed by atoms with van der Waals surface area (Å²) in [6.07, 6.45) is 0. The lowest BCUT2D eigenvalue weighted by molar-refractivity contribution is -0.116. The molecule has 0 N–H and O–H groups in total. The van der Waals surface area contributed by atoms with Crippen LogP contribution in [0.1, 0.15) is 28.4 Å². The average molecular weight is 241 g/mol. The van der Waals surface area contributed by atoms with E-state index in [1.54, 1.807) is 6.92 Å². The largest absolute Gasteiger partial charge is 0.298 e. The summed E-state index contributed by atoms with van der Waals surface area (Å²) < 4.78 is 0. The molecule has 0 bridgehead atoms. The van der Waals surface area contributed by atoms with Gasteiger partial charge in [-0.25, -0.2) is 0 Å². The fraction of sp³-hybridized carbons (Fsp3) is 0.364. The van der Waals surface area contributed by atoms with Gasteiger partial charge in [-0.15, -0.1) is 0 Å². The molecule has 0 saturated carbocycles. The molecular weight excluding hydrogens is 228 g/mol. The predicted octanol–water partition coefficient (Wildman–Crippen LogP) is 3.33. The van der Waals surface area contributed by atoms with Crippen molar-refractivity contribution in [1.82, 2.24) is 0 Å². The summed E-state index contributed by atoms with van der Waals surface area (Å²) in [6, 6.07) is 6.12. The first-order valence-corrected chi connectivity index (χ1v) is 5.15. The Morgan fingerprint density at radius 2 is 2.00 bits per heavy atom. The van der Waals surface area contributed by atoms with Gasteiger partial charge in [-0.05, 0) is 31.9 Å². The zero-order chi connectivity index (χ0) is 10.0. The van der Waals surface area contributed by atoms with Crippen LogP contribution in [0.5, 0.6) is 0 Å². The summed E-state index contributed by atoms with van der Waals surface area (Å²) in [6.45, 7) is 5.67. The second kappa shape index (κ2) is 4.05. The van der Waals surface area contributed by atoms with E-state index >= 15 is 0 Å². The third-order valence-corrected chi connectivity index (χ3v) is 3.19. The minimum absolute atomic E-state index is 0.145. The van der Waals surface area contributed by atoms with Crippen LogP contribution in [-0.2, 0) is 4.79 Å². The van der Waals surface area contributed by atoms with Crippen molar-refractivity contribution >= 4 is 21.7 Å². The smallest absolute Gasteiger partial charge is 0.147 e. The Morgan fingerprint density at radius 1 is 1.38 bits per heavy atom. The molecular formula is C11H13BrO. The molecule has 0 aromatic heterocycles. The summed E-state index contributed by atoms with van der Waals surface area (Å²) >= 11 is 3.38. The highest BCUT2D eigenvalue weighted by Gasteiger charge is 2.14. The van der Waals surface area contributed by atoms with Crippen LogP contribution >= 0.6 is 15.9 Å². The van der Waals surface area contributed by atoms with E-state index in [-0.39, 0.29) is 10.6 Å². The molecule has 70 valence electrons. The normalized spacial score (nSPS) is 12.6. The highest BCUT2D eigenvalue weighted by Crippen LogP contribution is 2.26. The zero-order valence-electron chi connectivity index (χ0n) is 8.10. The maximum absolute atomic E-state index is 11.1. The standard InChI is InChI=1S/C11H13BrO/c1-7-4-5-10(8(2)6-7)11(12)9(3)13/h4-6,11H,1-3H3. The fourth-order valence-electron chi connectivity index (χ4n) is 1.33. The molecule has 1 aromatic carbocycles. The van der Waals surface area contributed by atoms with Crippen LogP contribution in [0.25, 0.3) is 0 Å². The Kier molecular flexibility index (Phi) is 3.26. The summed E-state index contributed by atoms with van der Waals surface area (Å²) in [4.78, 5) is 11.0. The van der Waals surface area contributed by atoms with Crippen molar-refractivity contribution in [2.75, 3.05) is 0 Å². The topological polar surface area (TPSA) is 17.1 Å². The molecule has 0 aliphatic carbocycles. The van der Waals surface area contributed by atoms with Crippen LogP contribution in [0.15, 0.2) is 18.2 Å². The third-order valence-electron chi connectivity index (χ3n) is 2.06. The van der Waals surface area contributed by atoms with Gasteiger partial charge in [-0.1, -0.05) is 39.7 Å². The lowest BCUT2D eigenvalue weighted by Gasteiger charge is -2.10. The summed E-state index contributed by atoms with van der Waals surface area (Å²) in [5.74, 6) is 0.145. The molecule has 1 atom stereocenters. The van der Waals surface area contributed by atoms with Crippen molar-refractivity contribution in [2.45, 2.75) is 25.6 Å². The molecule has 0 heterocycles. The van der Waals surface area contributed by atoms with Crippen LogP contribution in [0, 0.1) is 13.8 Å². The lowest BCUT2D eigenvalue weighted by atomic mass is 10.0. The van der Waals surface area contributed by atoms with E-state index in [1.165, 1.54) is 5.56 Å². The highest BCUT2D eigenvalue weighted by molar-refractivity contribution is 9.09. The van der Waals surface area contributed by atoms with E-state index < -0.39 is 0 Å². The van der Waals surface area contributed by atoms with E-state index in [4.69, 9.17) is 0 Å². The first-order valence-electron chi connectivity index (χ1n) is 4.24. The van der Waals surface area contributed by atoms with Crippen LogP contribution in [0.4, 0.5) is 0 Å². The van der Waals surface area contributed by atoms with Gasteiger partial charge < -0.3 is 0 Å². The number of carbonyl (C=O) groups excluding carboxylic acids is 1. The summed E-state index contributed by atoms with van der Waals surface area (Å²) in [7, 11) is 0. The van der Waals surface area contributed by atoms with Crippen molar-refractivity contribution < 1.29 is 4.79 Å². The Balaban J connectivity index is 3.08. The van der Waals surface area contributed by atoms with Crippen molar-refractivity contribution in [1.29, 1.82) is 0 Å². The Bertz CT molecular complexity index is 331. The predicted molar refractivity (Wildman–Crippen MR) is 58.3 cm³/mol. The van der Waals surface area contributed by atoms with Crippen LogP contribution in [0.3, 0.4) is 0 Å². The summed E-state index contributed by atoms with van der Waals surface area (Å²) in [5, 5.41) is 0. The number of aryl methyl sites for hydroxylation is 2. The molecule has 1 unspecified atom stereocenters. The number of hydrogen-bond acceptors (Lipinski definition) is 1. The Labute approximate surface area is 87.3 Å². The van der Waals surface area contributed by atoms with Crippen molar-refractivity contribution in [3.63, 3.8) is 0 Å². The van der Waals surface area contributed by atoms with Gasteiger partial charge in [0.1, 0.15) is 5.78 Å². The first kappa shape index (κ1) is 10.5. The van der Waals surface area contributed by atoms with E-state index in [2.05, 4.69) is 22.0 Å². The molecule has 1 aromatic rings. The van der Waals surface area contributed by atoms with Gasteiger partial charge in [0.05, 0.1) is 4.83 Å². The number of alkyl halides is 1. The van der Waals surface area contributed by atoms with Gasteiger partial charge in [0.2, 0.25) is 0 Å². The van der Waals surface area contributed by atoms with Gasteiger partial charge >= 0.3 is 0 Å². The van der Waals surface area contributed by atoms with Crippen LogP contribution < -0.4 is 0 Å². The van der Waals surface area contributed by atoms with Gasteiger partial charge in [0.25, 0.3) is 0 Å². The van der Waals surface area contributed by atoms with Gasteiger partial charge in [-0.3, -0.25) is 4.79 Å². The Hall–Kier alpha value is -0.630. The molecule has 0 radical (unpaired) electrons. The van der Waals surface area contributed by atoms with E-state index in [1.807, 2.05) is 26.0 Å². The molecule has 0 amide bonds. The molecule has 1 rings (SSSR count). The molecule has 0 saturated heterocycles. The number of carbonyl (C=O) groups is 1. The molecule has 2 heteroatoms. The van der Waals surface area contributed by atoms with Crippen molar-refractivity contribution in [3.8, 4) is 0 Å². The monoisotopic (exact) mass is 240 g/mol. The minimum Gasteiger partial charge on any atom is -0.298 e. The van der Waals surface area contributed by atoms with Gasteiger partial charge in [-0.2, -0.15) is 0 Å². The number of benzene rings is 1. The Morgan fingerprint density at radius 3 is 2.46 bits per heavy atom. The molecule has 0 aliphatic rings. The lowest BCUT2D eigenvalue weighted by Crippen LogP contribution is -2.02. The number of Topliss-reactive ketones (excluding diaryl/α,β-unsaturated/α-hetero) is 1. The van der Waals surface area contributed by atoms with Gasteiger partial charge in [0.15, 0.2) is 0 Å². The van der Waals surface area contributed by atoms with E-state index in [9.17, 15) is 4.79 Å². The number of hydrogen-bond donors (Lipinski definition) is 0. The molecule has 0 spiro atoms. The quantitative estimate of drug-likeness (QED) is 0.726. The number of ketones is 1. The second-order valence-electron chi connectivity index (χ2n) is 3.33. The second-order valence-corrected chi connectivity index (χ2v) is 4.25.